The van der Waals surface area contributed by atoms with Crippen LogP contribution in [0, 0.1) is 106 Å². The molecule has 0 fully saturated rings. The van der Waals surface area contributed by atoms with Crippen LogP contribution < -0.4 is 0 Å². The van der Waals surface area contributed by atoms with Gasteiger partial charge in [-0.25, -0.2) is 33.4 Å². The SMILES string of the molecule is CC.CC.CC.CC.CC.CC.CC.CC.CC.CC.CC.Cc1[c-]c(-c2[c-]c(C)ccc2)ccc1.Cc1c[c-]c(-c2[c-]cc(C)cc2)cc1.Cc1cc(C)c2ccccc2n1.Cc1cc[c-]c(-c2[c-]ccc(C)c2)c1.Cc1ccc2c(c1)c1ccccc1n2C.Cc1ccc2c3ccccc3n(C)c2c1.[Y].[Y].[Y]. The van der Waals surface area contributed by atoms with Crippen LogP contribution >= 0.6 is 0 Å². The van der Waals surface area contributed by atoms with Gasteiger partial charge in [0, 0.05) is 167 Å². The molecule has 14 aromatic rings. The van der Waals surface area contributed by atoms with Gasteiger partial charge in [-0.15, -0.1) is 57.6 Å². The number of nitrogens with zero attached hydrogens (tertiary/aromatic N) is 3. The molecule has 0 saturated heterocycles. The van der Waals surface area contributed by atoms with Gasteiger partial charge in [0.1, 0.15) is 0 Å². The second-order valence-corrected chi connectivity index (χ2v) is 21.9. The van der Waals surface area contributed by atoms with Crippen molar-refractivity contribution in [1.29, 1.82) is 0 Å². The zero-order chi connectivity index (χ0) is 81.3. The van der Waals surface area contributed by atoms with Crippen molar-refractivity contribution < 1.29 is 98.1 Å². The van der Waals surface area contributed by atoms with Gasteiger partial charge in [0.05, 0.1) is 5.52 Å². The van der Waals surface area contributed by atoms with E-state index in [1.807, 2.05) is 196 Å². The Hall–Kier alpha value is -6.26. The predicted octanol–water partition coefficient (Wildman–Crippen LogP) is 32.1. The van der Waals surface area contributed by atoms with E-state index >= 15 is 0 Å². The fourth-order valence-corrected chi connectivity index (χ4v) is 10.4. The molecule has 0 bridgehead atoms. The second kappa shape index (κ2) is 69.7. The first-order chi connectivity index (χ1) is 51.6. The van der Waals surface area contributed by atoms with Crippen LogP contribution in [0.3, 0.4) is 0 Å². The molecule has 11 aromatic carbocycles. The number of aryl methyl sites for hydroxylation is 12. The average Bonchev–Trinajstić information content (AvgIpc) is 1.63. The minimum Gasteiger partial charge on any atom is -0.344 e. The van der Waals surface area contributed by atoms with Crippen LogP contribution in [-0.2, 0) is 112 Å². The van der Waals surface area contributed by atoms with Crippen LogP contribution in [0.15, 0.2) is 224 Å². The number of pyridine rings is 1. The normalized spacial score (nSPS) is 8.79. The van der Waals surface area contributed by atoms with E-state index in [-0.39, 0.29) is 98.1 Å². The van der Waals surface area contributed by atoms with Crippen LogP contribution in [0.1, 0.15) is 208 Å². The Morgan fingerprint density at radius 3 is 0.991 bits per heavy atom. The Labute approximate surface area is 744 Å². The van der Waals surface area contributed by atoms with Gasteiger partial charge in [-0.2, -0.15) is 121 Å². The van der Waals surface area contributed by atoms with Gasteiger partial charge in [-0.1, -0.05) is 272 Å². The number of fused-ring (bicyclic) bond motifs is 7. The van der Waals surface area contributed by atoms with Crippen LogP contribution in [-0.4, -0.2) is 14.1 Å². The summed E-state index contributed by atoms with van der Waals surface area (Å²) in [5.74, 6) is 0. The summed E-state index contributed by atoms with van der Waals surface area (Å²) in [4.78, 5) is 4.44. The van der Waals surface area contributed by atoms with Gasteiger partial charge in [0.2, 0.25) is 0 Å². The Morgan fingerprint density at radius 1 is 0.248 bits per heavy atom. The van der Waals surface area contributed by atoms with E-state index in [9.17, 15) is 0 Å². The predicted molar refractivity (Wildman–Crippen MR) is 483 cm³/mol. The number of rotatable bonds is 3. The summed E-state index contributed by atoms with van der Waals surface area (Å²) in [6, 6.07) is 97.3. The monoisotopic (exact) mass is 1680 g/mol. The maximum Gasteiger partial charge on any atom is 0.0707 e. The summed E-state index contributed by atoms with van der Waals surface area (Å²) in [7, 11) is 4.25. The molecule has 6 heteroatoms. The van der Waals surface area contributed by atoms with E-state index < -0.39 is 0 Å². The van der Waals surface area contributed by atoms with E-state index in [1.54, 1.807) is 0 Å². The number of para-hydroxylation sites is 3. The van der Waals surface area contributed by atoms with Gasteiger partial charge in [-0.3, -0.25) is 4.98 Å². The number of benzene rings is 11. The summed E-state index contributed by atoms with van der Waals surface area (Å²) in [5.41, 5.74) is 25.4. The summed E-state index contributed by atoms with van der Waals surface area (Å²) in [6.07, 6.45) is 0. The van der Waals surface area contributed by atoms with Crippen molar-refractivity contribution in [2.75, 3.05) is 0 Å². The quantitative estimate of drug-likeness (QED) is 0.162. The summed E-state index contributed by atoms with van der Waals surface area (Å²) >= 11 is 0. The molecule has 0 atom stereocenters. The minimum atomic E-state index is 0. The molecule has 0 aliphatic heterocycles. The van der Waals surface area contributed by atoms with Gasteiger partial charge in [-0.05, 0) is 81.3 Å². The van der Waals surface area contributed by atoms with Crippen LogP contribution in [0.25, 0.3) is 87.9 Å². The standard InChI is InChI=1S/2C14H13N.3C14H12.C11H11N.11C2H6.3Y/c1-10-7-8-14-12(9-10)11-5-3-4-6-13(11)15(14)2;1-10-7-8-12-11-5-3-4-6-13(11)15(2)14(12)9-10;1-11-3-7-13(8-4-11)14-9-5-12(2)6-10-14;2*1-11-5-3-7-13(9-11)14-8-4-6-12(2)10-14;1-8-7-9(2)12-11-6-4-3-5-10(8)11;11*1-2;;;/h2*3-9H,1-2H3;3-7,9H,1-2H3;3-6,9-10H,1-2H3;3-8H,1-2H3;3-7H,1-2H3;11*1-2H3;;;/q;;3*-2;;;;;;;;;;;;;;;. The number of aromatic nitrogens is 3. The zero-order valence-corrected chi connectivity index (χ0v) is 83.0. The molecular weight excluding hydrogens is 1550 g/mol. The molecule has 0 saturated carbocycles. The Bertz CT molecular complexity index is 4290. The largest absolute Gasteiger partial charge is 0.344 e. The molecule has 0 aliphatic rings. The van der Waals surface area contributed by atoms with Crippen molar-refractivity contribution in [2.45, 2.75) is 222 Å². The third-order valence-corrected chi connectivity index (χ3v) is 14.8. The summed E-state index contributed by atoms with van der Waals surface area (Å²) in [6.45, 7) is 64.9. The van der Waals surface area contributed by atoms with Crippen LogP contribution in [0.5, 0.6) is 0 Å². The second-order valence-electron chi connectivity index (χ2n) is 21.9. The van der Waals surface area contributed by atoms with Crippen molar-refractivity contribution in [3.8, 4) is 33.4 Å². The van der Waals surface area contributed by atoms with Crippen LogP contribution in [0.2, 0.25) is 0 Å². The van der Waals surface area contributed by atoms with Gasteiger partial charge in [0.15, 0.2) is 0 Å². The maximum absolute atomic E-state index is 4.44. The fraction of sp³-hybridized carbons (Fsp3) is 0.330. The molecule has 3 aromatic heterocycles. The van der Waals surface area contributed by atoms with Gasteiger partial charge >= 0.3 is 0 Å². The van der Waals surface area contributed by atoms with Crippen molar-refractivity contribution in [3.05, 3.63) is 317 Å². The number of hydrogen-bond donors (Lipinski definition) is 0. The summed E-state index contributed by atoms with van der Waals surface area (Å²) in [5, 5.41) is 6.64. The van der Waals surface area contributed by atoms with Crippen molar-refractivity contribution in [3.63, 3.8) is 0 Å². The molecule has 0 aliphatic carbocycles. The minimum absolute atomic E-state index is 0. The molecule has 0 N–H and O–H groups in total. The molecule has 0 amide bonds. The Balaban J connectivity index is -0.000000276. The fourth-order valence-electron chi connectivity index (χ4n) is 10.4. The molecule has 0 unspecified atom stereocenters. The average molecular weight is 1690 g/mol. The van der Waals surface area contributed by atoms with E-state index in [0.717, 1.165) is 55.7 Å². The van der Waals surface area contributed by atoms with E-state index in [4.69, 9.17) is 0 Å². The summed E-state index contributed by atoms with van der Waals surface area (Å²) < 4.78 is 4.52. The maximum atomic E-state index is 4.44. The molecule has 3 radical (unpaired) electrons. The third kappa shape index (κ3) is 39.2. The molecule has 3 heterocycles. The Morgan fingerprint density at radius 2 is 0.587 bits per heavy atom. The molecule has 109 heavy (non-hydrogen) atoms. The van der Waals surface area contributed by atoms with Crippen molar-refractivity contribution in [2.24, 2.45) is 14.1 Å². The van der Waals surface area contributed by atoms with E-state index in [1.165, 1.54) is 87.9 Å². The van der Waals surface area contributed by atoms with Crippen molar-refractivity contribution >= 4 is 54.5 Å². The van der Waals surface area contributed by atoms with Crippen LogP contribution in [0.4, 0.5) is 0 Å². The first kappa shape index (κ1) is 114. The molecule has 14 rings (SSSR count). The smallest absolute Gasteiger partial charge is 0.0707 e. The first-order valence-electron chi connectivity index (χ1n) is 39.7. The van der Waals surface area contributed by atoms with Crippen molar-refractivity contribution in [1.82, 2.24) is 14.1 Å². The number of hydrogen-bond acceptors (Lipinski definition) is 1. The molecule has 581 valence electrons. The van der Waals surface area contributed by atoms with E-state index in [0.29, 0.717) is 0 Å². The van der Waals surface area contributed by atoms with E-state index in [2.05, 4.69) is 315 Å². The molecule has 0 spiro atoms. The van der Waals surface area contributed by atoms with Gasteiger partial charge in [0.25, 0.3) is 0 Å². The third-order valence-electron chi connectivity index (χ3n) is 14.8. The topological polar surface area (TPSA) is 22.8 Å². The Kier molecular flexibility index (Phi) is 72.6. The van der Waals surface area contributed by atoms with Gasteiger partial charge < -0.3 is 9.13 Å². The molecule has 3 nitrogen and oxygen atoms in total. The molecular formula is C103H139N3Y3-6. The zero-order valence-electron chi connectivity index (χ0n) is 74.4. The first-order valence-corrected chi connectivity index (χ1v) is 39.7.